The second-order valence-corrected chi connectivity index (χ2v) is 6.40. The molecule has 2 heterocycles. The van der Waals surface area contributed by atoms with Gasteiger partial charge in [0.05, 0.1) is 12.7 Å². The molecule has 26 heavy (non-hydrogen) atoms. The van der Waals surface area contributed by atoms with E-state index in [1.54, 1.807) is 24.4 Å². The molecule has 1 N–H and O–H groups in total. The highest BCUT2D eigenvalue weighted by Gasteiger charge is 2.23. The van der Waals surface area contributed by atoms with Crippen molar-refractivity contribution in [1.82, 2.24) is 9.88 Å². The Morgan fingerprint density at radius 1 is 1.35 bits per heavy atom. The summed E-state index contributed by atoms with van der Waals surface area (Å²) in [6, 6.07) is 11.4. The van der Waals surface area contributed by atoms with Crippen LogP contribution in [0.1, 0.15) is 24.0 Å². The standard InChI is InChI=1S/C20H25N3O3/c1-25-15-17-7-2-3-9-19(17)22-20(24)23(14-18-8-5-11-26-18)13-16-6-4-10-21-12-16/h2-4,6-7,9-10,12,18H,5,8,11,13-15H2,1H3,(H,22,24)/t18-/m0/s1. The van der Waals surface area contributed by atoms with Crippen LogP contribution in [0.3, 0.4) is 0 Å². The summed E-state index contributed by atoms with van der Waals surface area (Å²) in [7, 11) is 1.64. The second kappa shape index (κ2) is 9.31. The third-order valence-electron chi connectivity index (χ3n) is 4.39. The van der Waals surface area contributed by atoms with Crippen LogP contribution < -0.4 is 5.32 Å². The lowest BCUT2D eigenvalue weighted by atomic mass is 10.2. The third kappa shape index (κ3) is 5.03. The van der Waals surface area contributed by atoms with Gasteiger partial charge in [0.2, 0.25) is 0 Å². The number of carbonyl (C=O) groups is 1. The van der Waals surface area contributed by atoms with Gasteiger partial charge in [-0.2, -0.15) is 0 Å². The Morgan fingerprint density at radius 2 is 2.23 bits per heavy atom. The smallest absolute Gasteiger partial charge is 0.322 e. The van der Waals surface area contributed by atoms with Crippen LogP contribution in [0.5, 0.6) is 0 Å². The highest BCUT2D eigenvalue weighted by Crippen LogP contribution is 2.19. The zero-order valence-corrected chi connectivity index (χ0v) is 15.1. The molecule has 6 heteroatoms. The molecule has 2 amide bonds. The molecule has 6 nitrogen and oxygen atoms in total. The van der Waals surface area contributed by atoms with E-state index in [1.807, 2.05) is 36.4 Å². The molecule has 2 aromatic rings. The van der Waals surface area contributed by atoms with Gasteiger partial charge < -0.3 is 19.7 Å². The number of hydrogen-bond donors (Lipinski definition) is 1. The minimum Gasteiger partial charge on any atom is -0.380 e. The second-order valence-electron chi connectivity index (χ2n) is 6.40. The summed E-state index contributed by atoms with van der Waals surface area (Å²) in [4.78, 5) is 18.9. The number of nitrogens with one attached hydrogen (secondary N) is 1. The number of para-hydroxylation sites is 1. The normalized spacial score (nSPS) is 16.4. The lowest BCUT2D eigenvalue weighted by Gasteiger charge is -2.26. The molecule has 0 saturated carbocycles. The topological polar surface area (TPSA) is 63.7 Å². The van der Waals surface area contributed by atoms with Gasteiger partial charge in [-0.25, -0.2) is 4.79 Å². The number of urea groups is 1. The SMILES string of the molecule is COCc1ccccc1NC(=O)N(Cc1cccnc1)C[C@@H]1CCCO1. The largest absolute Gasteiger partial charge is 0.380 e. The van der Waals surface area contributed by atoms with Gasteiger partial charge in [-0.15, -0.1) is 0 Å². The molecule has 0 aliphatic carbocycles. The van der Waals surface area contributed by atoms with E-state index in [2.05, 4.69) is 10.3 Å². The van der Waals surface area contributed by atoms with E-state index in [-0.39, 0.29) is 12.1 Å². The Kier molecular flexibility index (Phi) is 6.57. The van der Waals surface area contributed by atoms with Crippen molar-refractivity contribution in [3.05, 3.63) is 59.9 Å². The first-order valence-electron chi connectivity index (χ1n) is 8.89. The first-order chi connectivity index (χ1) is 12.8. The number of ether oxygens (including phenoxy) is 2. The van der Waals surface area contributed by atoms with E-state index in [0.29, 0.717) is 19.7 Å². The molecule has 1 saturated heterocycles. The minimum atomic E-state index is -0.145. The first kappa shape index (κ1) is 18.4. The molecule has 1 atom stereocenters. The Bertz CT molecular complexity index is 702. The van der Waals surface area contributed by atoms with E-state index in [4.69, 9.17) is 9.47 Å². The van der Waals surface area contributed by atoms with Crippen LogP contribution in [0.25, 0.3) is 0 Å². The molecule has 1 aliphatic rings. The quantitative estimate of drug-likeness (QED) is 0.826. The number of benzene rings is 1. The zero-order chi connectivity index (χ0) is 18.2. The number of methoxy groups -OCH3 is 1. The van der Waals surface area contributed by atoms with Crippen molar-refractivity contribution >= 4 is 11.7 Å². The molecule has 3 rings (SSSR count). The lowest BCUT2D eigenvalue weighted by molar-refractivity contribution is 0.0819. The average molecular weight is 355 g/mol. The molecule has 138 valence electrons. The number of anilines is 1. The first-order valence-corrected chi connectivity index (χ1v) is 8.89. The van der Waals surface area contributed by atoms with E-state index >= 15 is 0 Å². The molecule has 0 bridgehead atoms. The Balaban J connectivity index is 1.73. The van der Waals surface area contributed by atoms with Crippen LogP contribution in [0.15, 0.2) is 48.8 Å². The number of nitrogens with zero attached hydrogens (tertiary/aromatic N) is 2. The molecular weight excluding hydrogens is 330 g/mol. The summed E-state index contributed by atoms with van der Waals surface area (Å²) in [6.07, 6.45) is 5.64. The van der Waals surface area contributed by atoms with Gasteiger partial charge in [-0.1, -0.05) is 24.3 Å². The maximum absolute atomic E-state index is 13.0. The highest BCUT2D eigenvalue weighted by molar-refractivity contribution is 5.90. The molecule has 0 radical (unpaired) electrons. The maximum Gasteiger partial charge on any atom is 0.322 e. The van der Waals surface area contributed by atoms with Gasteiger partial charge in [0, 0.05) is 50.5 Å². The number of rotatable bonds is 7. The monoisotopic (exact) mass is 355 g/mol. The Morgan fingerprint density at radius 3 is 2.96 bits per heavy atom. The molecule has 1 aromatic heterocycles. The van der Waals surface area contributed by atoms with E-state index in [1.165, 1.54) is 0 Å². The van der Waals surface area contributed by atoms with Crippen LogP contribution in [-0.4, -0.2) is 42.3 Å². The maximum atomic E-state index is 13.0. The zero-order valence-electron chi connectivity index (χ0n) is 15.1. The van der Waals surface area contributed by atoms with Gasteiger partial charge in [0.1, 0.15) is 0 Å². The Labute approximate surface area is 154 Å². The lowest BCUT2D eigenvalue weighted by Crippen LogP contribution is -2.39. The van der Waals surface area contributed by atoms with Crippen LogP contribution in [0, 0.1) is 0 Å². The summed E-state index contributed by atoms with van der Waals surface area (Å²) in [5, 5.41) is 3.02. The van der Waals surface area contributed by atoms with Crippen molar-refractivity contribution in [3.63, 3.8) is 0 Å². The fraction of sp³-hybridized carbons (Fsp3) is 0.400. The van der Waals surface area contributed by atoms with Gasteiger partial charge in [0.15, 0.2) is 0 Å². The van der Waals surface area contributed by atoms with Gasteiger partial charge in [-0.05, 0) is 30.5 Å². The fourth-order valence-corrected chi connectivity index (χ4v) is 3.08. The van der Waals surface area contributed by atoms with Crippen molar-refractivity contribution in [1.29, 1.82) is 0 Å². The van der Waals surface area contributed by atoms with Crippen LogP contribution in [-0.2, 0) is 22.6 Å². The van der Waals surface area contributed by atoms with Crippen molar-refractivity contribution in [2.75, 3.05) is 25.6 Å². The number of hydrogen-bond acceptors (Lipinski definition) is 4. The summed E-state index contributed by atoms with van der Waals surface area (Å²) in [5.74, 6) is 0. The number of carbonyl (C=O) groups excluding carboxylic acids is 1. The van der Waals surface area contributed by atoms with Crippen molar-refractivity contribution in [2.24, 2.45) is 0 Å². The minimum absolute atomic E-state index is 0.0895. The summed E-state index contributed by atoms with van der Waals surface area (Å²) in [5.41, 5.74) is 2.70. The third-order valence-corrected chi connectivity index (χ3v) is 4.39. The van der Waals surface area contributed by atoms with Gasteiger partial charge >= 0.3 is 6.03 Å². The molecular formula is C20H25N3O3. The summed E-state index contributed by atoms with van der Waals surface area (Å²) in [6.45, 7) is 2.27. The molecule has 0 unspecified atom stereocenters. The van der Waals surface area contributed by atoms with Gasteiger partial charge in [-0.3, -0.25) is 4.98 Å². The number of pyridine rings is 1. The predicted molar refractivity (Wildman–Crippen MR) is 99.8 cm³/mol. The average Bonchev–Trinajstić information content (AvgIpc) is 3.17. The van der Waals surface area contributed by atoms with Crippen molar-refractivity contribution in [2.45, 2.75) is 32.1 Å². The molecule has 1 aromatic carbocycles. The van der Waals surface area contributed by atoms with E-state index in [9.17, 15) is 4.79 Å². The van der Waals surface area contributed by atoms with Crippen LogP contribution in [0.2, 0.25) is 0 Å². The number of amides is 2. The predicted octanol–water partition coefficient (Wildman–Crippen LogP) is 3.44. The molecule has 1 fully saturated rings. The number of aromatic nitrogens is 1. The van der Waals surface area contributed by atoms with Crippen molar-refractivity contribution in [3.8, 4) is 0 Å². The molecule has 0 spiro atoms. The van der Waals surface area contributed by atoms with Crippen LogP contribution >= 0.6 is 0 Å². The molecule has 1 aliphatic heterocycles. The van der Waals surface area contributed by atoms with E-state index < -0.39 is 0 Å². The highest BCUT2D eigenvalue weighted by atomic mass is 16.5. The fourth-order valence-electron chi connectivity index (χ4n) is 3.08. The van der Waals surface area contributed by atoms with Gasteiger partial charge in [0.25, 0.3) is 0 Å². The van der Waals surface area contributed by atoms with Crippen LogP contribution in [0.4, 0.5) is 10.5 Å². The van der Waals surface area contributed by atoms with Crippen molar-refractivity contribution < 1.29 is 14.3 Å². The van der Waals surface area contributed by atoms with E-state index in [0.717, 1.165) is 36.3 Å². The summed E-state index contributed by atoms with van der Waals surface area (Å²) < 4.78 is 10.9. The summed E-state index contributed by atoms with van der Waals surface area (Å²) >= 11 is 0. The Hall–Kier alpha value is -2.44.